The van der Waals surface area contributed by atoms with Gasteiger partial charge in [-0.15, -0.1) is 0 Å². The van der Waals surface area contributed by atoms with Gasteiger partial charge in [0.1, 0.15) is 0 Å². The Kier molecular flexibility index (Phi) is 3.24. The smallest absolute Gasteiger partial charge is 0.423 e. The predicted molar refractivity (Wildman–Crippen MR) is 47.3 cm³/mol. The molecule has 0 radical (unpaired) electrons. The molecule has 0 saturated heterocycles. The van der Waals surface area contributed by atoms with Crippen molar-refractivity contribution >= 4 is 12.6 Å². The van der Waals surface area contributed by atoms with Gasteiger partial charge in [0.05, 0.1) is 0 Å². The van der Waals surface area contributed by atoms with Crippen molar-refractivity contribution in [3.8, 4) is 0 Å². The van der Waals surface area contributed by atoms with Crippen LogP contribution in [0.5, 0.6) is 0 Å². The summed E-state index contributed by atoms with van der Waals surface area (Å²) in [5.74, 6) is 5.12. The summed E-state index contributed by atoms with van der Waals surface area (Å²) in [5, 5.41) is 17.8. The first-order valence-electron chi connectivity index (χ1n) is 3.63. The maximum Gasteiger partial charge on any atom is 0.488 e. The van der Waals surface area contributed by atoms with Crippen molar-refractivity contribution in [2.45, 2.75) is 6.54 Å². The SMILES string of the molecule is NNCc1ccccc1B(O)O. The average Bonchev–Trinajstić information content (AvgIpc) is 2.05. The lowest BCUT2D eigenvalue weighted by molar-refractivity contribution is 0.425. The van der Waals surface area contributed by atoms with Crippen molar-refractivity contribution in [3.05, 3.63) is 29.8 Å². The number of hydrogen-bond acceptors (Lipinski definition) is 4. The van der Waals surface area contributed by atoms with E-state index in [0.717, 1.165) is 5.56 Å². The number of hydrogen-bond donors (Lipinski definition) is 4. The van der Waals surface area contributed by atoms with E-state index in [1.807, 2.05) is 6.07 Å². The van der Waals surface area contributed by atoms with Crippen LogP contribution in [-0.4, -0.2) is 17.2 Å². The van der Waals surface area contributed by atoms with Crippen LogP contribution in [0.15, 0.2) is 24.3 Å². The second-order valence-corrected chi connectivity index (χ2v) is 2.45. The van der Waals surface area contributed by atoms with Crippen LogP contribution < -0.4 is 16.7 Å². The van der Waals surface area contributed by atoms with Gasteiger partial charge in [-0.1, -0.05) is 24.3 Å². The fourth-order valence-corrected chi connectivity index (χ4v) is 1.06. The van der Waals surface area contributed by atoms with Crippen LogP contribution >= 0.6 is 0 Å². The van der Waals surface area contributed by atoms with Gasteiger partial charge in [0.15, 0.2) is 0 Å². The molecular weight excluding hydrogens is 155 g/mol. The van der Waals surface area contributed by atoms with Gasteiger partial charge in [-0.05, 0) is 11.0 Å². The van der Waals surface area contributed by atoms with Gasteiger partial charge < -0.3 is 10.0 Å². The van der Waals surface area contributed by atoms with Crippen LogP contribution in [-0.2, 0) is 6.54 Å². The molecule has 0 bridgehead atoms. The van der Waals surface area contributed by atoms with Crippen LogP contribution in [0.2, 0.25) is 0 Å². The first-order valence-corrected chi connectivity index (χ1v) is 3.63. The number of rotatable bonds is 3. The van der Waals surface area contributed by atoms with Crippen LogP contribution in [0.25, 0.3) is 0 Å². The van der Waals surface area contributed by atoms with Crippen LogP contribution in [0.3, 0.4) is 0 Å². The molecule has 64 valence electrons. The zero-order chi connectivity index (χ0) is 8.97. The summed E-state index contributed by atoms with van der Waals surface area (Å²) in [6, 6.07) is 7.00. The molecule has 0 aliphatic heterocycles. The molecule has 0 aliphatic rings. The molecule has 0 fully saturated rings. The molecule has 0 aromatic heterocycles. The van der Waals surface area contributed by atoms with Crippen LogP contribution in [0.1, 0.15) is 5.56 Å². The van der Waals surface area contributed by atoms with Crippen molar-refractivity contribution < 1.29 is 10.0 Å². The van der Waals surface area contributed by atoms with E-state index in [-0.39, 0.29) is 0 Å². The number of hydrazine groups is 1. The van der Waals surface area contributed by atoms with E-state index in [0.29, 0.717) is 12.0 Å². The molecular formula is C7H11BN2O2. The molecule has 5 N–H and O–H groups in total. The largest absolute Gasteiger partial charge is 0.488 e. The van der Waals surface area contributed by atoms with E-state index in [1.165, 1.54) is 0 Å². The number of nitrogens with one attached hydrogen (secondary N) is 1. The minimum Gasteiger partial charge on any atom is -0.423 e. The van der Waals surface area contributed by atoms with Crippen molar-refractivity contribution in [3.63, 3.8) is 0 Å². The lowest BCUT2D eigenvalue weighted by atomic mass is 9.77. The monoisotopic (exact) mass is 166 g/mol. The normalized spacial score (nSPS) is 9.92. The highest BCUT2D eigenvalue weighted by Gasteiger charge is 2.13. The third-order valence-electron chi connectivity index (χ3n) is 1.63. The van der Waals surface area contributed by atoms with E-state index < -0.39 is 7.12 Å². The van der Waals surface area contributed by atoms with E-state index in [2.05, 4.69) is 5.43 Å². The highest BCUT2D eigenvalue weighted by molar-refractivity contribution is 6.59. The molecule has 0 aliphatic carbocycles. The highest BCUT2D eigenvalue weighted by atomic mass is 16.4. The molecule has 5 heteroatoms. The minimum absolute atomic E-state index is 0.424. The lowest BCUT2D eigenvalue weighted by Crippen LogP contribution is -2.35. The second kappa shape index (κ2) is 4.23. The fourth-order valence-electron chi connectivity index (χ4n) is 1.06. The van der Waals surface area contributed by atoms with E-state index in [1.54, 1.807) is 18.2 Å². The standard InChI is InChI=1S/C7H11BN2O2/c9-10-5-6-3-1-2-4-7(6)8(11)12/h1-4,10-12H,5,9H2. The summed E-state index contributed by atoms with van der Waals surface area (Å²) in [4.78, 5) is 0. The number of nitrogens with two attached hydrogens (primary N) is 1. The van der Waals surface area contributed by atoms with Gasteiger partial charge in [0, 0.05) is 6.54 Å². The summed E-state index contributed by atoms with van der Waals surface area (Å²) in [6.45, 7) is 0.424. The number of benzene rings is 1. The van der Waals surface area contributed by atoms with Gasteiger partial charge >= 0.3 is 7.12 Å². The van der Waals surface area contributed by atoms with Crippen LogP contribution in [0.4, 0.5) is 0 Å². The van der Waals surface area contributed by atoms with Gasteiger partial charge in [-0.2, -0.15) is 0 Å². The Morgan fingerprint density at radius 1 is 1.33 bits per heavy atom. The summed E-state index contributed by atoms with van der Waals surface area (Å²) in [7, 11) is -1.44. The van der Waals surface area contributed by atoms with Crippen molar-refractivity contribution in [1.82, 2.24) is 5.43 Å². The minimum atomic E-state index is -1.44. The Morgan fingerprint density at radius 2 is 2.00 bits per heavy atom. The Morgan fingerprint density at radius 3 is 2.58 bits per heavy atom. The zero-order valence-corrected chi connectivity index (χ0v) is 6.57. The molecule has 0 unspecified atom stereocenters. The molecule has 0 heterocycles. The lowest BCUT2D eigenvalue weighted by Gasteiger charge is -2.06. The summed E-state index contributed by atoms with van der Waals surface area (Å²) >= 11 is 0. The first-order chi connectivity index (χ1) is 5.75. The molecule has 0 spiro atoms. The fraction of sp³-hybridized carbons (Fsp3) is 0.143. The Hall–Kier alpha value is -0.875. The van der Waals surface area contributed by atoms with Crippen molar-refractivity contribution in [2.75, 3.05) is 0 Å². The van der Waals surface area contributed by atoms with Gasteiger partial charge in [0.25, 0.3) is 0 Å². The highest BCUT2D eigenvalue weighted by Crippen LogP contribution is 1.95. The van der Waals surface area contributed by atoms with E-state index >= 15 is 0 Å². The topological polar surface area (TPSA) is 78.5 Å². The average molecular weight is 166 g/mol. The second-order valence-electron chi connectivity index (χ2n) is 2.45. The molecule has 0 saturated carbocycles. The van der Waals surface area contributed by atoms with Gasteiger partial charge in [-0.25, -0.2) is 0 Å². The summed E-state index contributed by atoms with van der Waals surface area (Å²) in [6.07, 6.45) is 0. The molecule has 0 atom stereocenters. The van der Waals surface area contributed by atoms with Crippen LogP contribution in [0, 0.1) is 0 Å². The Bertz CT molecular complexity index is 255. The first kappa shape index (κ1) is 9.21. The third-order valence-corrected chi connectivity index (χ3v) is 1.63. The Balaban J connectivity index is 2.92. The third kappa shape index (κ3) is 2.05. The van der Waals surface area contributed by atoms with Gasteiger partial charge in [0.2, 0.25) is 0 Å². The maximum absolute atomic E-state index is 8.92. The quantitative estimate of drug-likeness (QED) is 0.246. The summed E-state index contributed by atoms with van der Waals surface area (Å²) < 4.78 is 0. The molecule has 1 rings (SSSR count). The van der Waals surface area contributed by atoms with E-state index in [9.17, 15) is 0 Å². The molecule has 4 nitrogen and oxygen atoms in total. The zero-order valence-electron chi connectivity index (χ0n) is 6.57. The molecule has 0 amide bonds. The van der Waals surface area contributed by atoms with Crippen molar-refractivity contribution in [1.29, 1.82) is 0 Å². The maximum atomic E-state index is 8.92. The van der Waals surface area contributed by atoms with Gasteiger partial charge in [-0.3, -0.25) is 11.3 Å². The molecule has 1 aromatic rings. The van der Waals surface area contributed by atoms with E-state index in [4.69, 9.17) is 15.9 Å². The predicted octanol–water partition coefficient (Wildman–Crippen LogP) is -1.67. The van der Waals surface area contributed by atoms with Crippen molar-refractivity contribution in [2.24, 2.45) is 5.84 Å². The molecule has 12 heavy (non-hydrogen) atoms. The summed E-state index contributed by atoms with van der Waals surface area (Å²) in [5.41, 5.74) is 3.73. The molecule has 1 aromatic carbocycles. The Labute approximate surface area is 71.1 Å².